The lowest BCUT2D eigenvalue weighted by atomic mass is 9.77. The number of hydrogen-bond acceptors (Lipinski definition) is 3. The molecular formula is C25H30O3. The number of unbranched alkanes of at least 4 members (excludes halogenated alkanes) is 2. The van der Waals surface area contributed by atoms with Crippen molar-refractivity contribution in [1.82, 2.24) is 0 Å². The smallest absolute Gasteiger partial charge is 0.343 e. The third kappa shape index (κ3) is 5.54. The molecule has 2 aromatic rings. The van der Waals surface area contributed by atoms with Gasteiger partial charge in [-0.2, -0.15) is 0 Å². The average molecular weight is 379 g/mol. The van der Waals surface area contributed by atoms with E-state index in [4.69, 9.17) is 4.74 Å². The molecule has 3 heteroatoms. The molecule has 0 N–H and O–H groups in total. The zero-order valence-electron chi connectivity index (χ0n) is 16.7. The zero-order chi connectivity index (χ0) is 19.8. The van der Waals surface area contributed by atoms with Crippen LogP contribution in [0.15, 0.2) is 48.5 Å². The van der Waals surface area contributed by atoms with E-state index in [2.05, 4.69) is 19.1 Å². The Hall–Kier alpha value is -2.42. The van der Waals surface area contributed by atoms with Gasteiger partial charge in [0.1, 0.15) is 12.0 Å². The van der Waals surface area contributed by atoms with Gasteiger partial charge in [0.2, 0.25) is 0 Å². The SMILES string of the molecule is CCCCCC1CCC(c2ccc(C(=O)Oc3ccc(C=O)cc3)cc2)CC1. The Morgan fingerprint density at radius 3 is 2.25 bits per heavy atom. The van der Waals surface area contributed by atoms with Crippen LogP contribution < -0.4 is 4.74 Å². The summed E-state index contributed by atoms with van der Waals surface area (Å²) in [5.74, 6) is 1.59. The molecule has 3 nitrogen and oxygen atoms in total. The molecule has 0 radical (unpaired) electrons. The molecule has 0 aliphatic heterocycles. The Balaban J connectivity index is 1.51. The third-order valence-corrected chi connectivity index (χ3v) is 5.91. The normalized spacial score (nSPS) is 19.2. The summed E-state index contributed by atoms with van der Waals surface area (Å²) in [6, 6.07) is 14.4. The van der Waals surface area contributed by atoms with Crippen molar-refractivity contribution in [3.63, 3.8) is 0 Å². The van der Waals surface area contributed by atoms with Crippen LogP contribution >= 0.6 is 0 Å². The molecule has 0 atom stereocenters. The Kier molecular flexibility index (Phi) is 7.41. The molecule has 28 heavy (non-hydrogen) atoms. The minimum atomic E-state index is -0.370. The highest BCUT2D eigenvalue weighted by molar-refractivity contribution is 5.91. The van der Waals surface area contributed by atoms with Gasteiger partial charge in [-0.05, 0) is 79.5 Å². The van der Waals surface area contributed by atoms with Gasteiger partial charge in [-0.15, -0.1) is 0 Å². The van der Waals surface area contributed by atoms with Crippen molar-refractivity contribution in [1.29, 1.82) is 0 Å². The minimum Gasteiger partial charge on any atom is -0.423 e. The minimum absolute atomic E-state index is 0.370. The van der Waals surface area contributed by atoms with Crippen LogP contribution in [0, 0.1) is 5.92 Å². The highest BCUT2D eigenvalue weighted by Crippen LogP contribution is 2.37. The Bertz CT molecular complexity index is 753. The fourth-order valence-electron chi connectivity index (χ4n) is 4.14. The van der Waals surface area contributed by atoms with E-state index < -0.39 is 0 Å². The number of rotatable bonds is 8. The van der Waals surface area contributed by atoms with Crippen molar-refractivity contribution in [2.24, 2.45) is 5.92 Å². The summed E-state index contributed by atoms with van der Waals surface area (Å²) in [7, 11) is 0. The number of aldehydes is 1. The molecule has 3 rings (SSSR count). The Morgan fingerprint density at radius 1 is 0.964 bits per heavy atom. The quantitative estimate of drug-likeness (QED) is 0.226. The lowest BCUT2D eigenvalue weighted by molar-refractivity contribution is 0.0734. The van der Waals surface area contributed by atoms with Crippen LogP contribution in [-0.2, 0) is 0 Å². The van der Waals surface area contributed by atoms with Crippen molar-refractivity contribution < 1.29 is 14.3 Å². The number of hydrogen-bond donors (Lipinski definition) is 0. The van der Waals surface area contributed by atoms with E-state index in [0.717, 1.165) is 12.2 Å². The summed E-state index contributed by atoms with van der Waals surface area (Å²) >= 11 is 0. The van der Waals surface area contributed by atoms with E-state index >= 15 is 0 Å². The van der Waals surface area contributed by atoms with E-state index in [1.165, 1.54) is 56.9 Å². The molecule has 0 heterocycles. The molecule has 0 unspecified atom stereocenters. The van der Waals surface area contributed by atoms with E-state index in [-0.39, 0.29) is 5.97 Å². The number of ether oxygens (including phenoxy) is 1. The van der Waals surface area contributed by atoms with Crippen molar-refractivity contribution in [3.05, 3.63) is 65.2 Å². The molecule has 1 aliphatic carbocycles. The molecule has 0 aromatic heterocycles. The largest absolute Gasteiger partial charge is 0.423 e. The van der Waals surface area contributed by atoms with E-state index in [1.807, 2.05) is 12.1 Å². The zero-order valence-corrected chi connectivity index (χ0v) is 16.7. The second kappa shape index (κ2) is 10.2. The molecule has 0 spiro atoms. The molecule has 1 fully saturated rings. The van der Waals surface area contributed by atoms with Gasteiger partial charge in [0.15, 0.2) is 0 Å². The first-order valence-corrected chi connectivity index (χ1v) is 10.6. The van der Waals surface area contributed by atoms with Crippen LogP contribution in [0.1, 0.15) is 90.5 Å². The van der Waals surface area contributed by atoms with Gasteiger partial charge < -0.3 is 4.74 Å². The van der Waals surface area contributed by atoms with Gasteiger partial charge in [0.05, 0.1) is 5.56 Å². The highest BCUT2D eigenvalue weighted by Gasteiger charge is 2.22. The van der Waals surface area contributed by atoms with Crippen molar-refractivity contribution in [2.75, 3.05) is 0 Å². The van der Waals surface area contributed by atoms with Crippen molar-refractivity contribution in [3.8, 4) is 5.75 Å². The van der Waals surface area contributed by atoms with Crippen LogP contribution in [0.5, 0.6) is 5.75 Å². The fraction of sp³-hybridized carbons (Fsp3) is 0.440. The molecule has 2 aromatic carbocycles. The molecule has 1 saturated carbocycles. The summed E-state index contributed by atoms with van der Waals surface area (Å²) in [6.45, 7) is 2.26. The number of carbonyl (C=O) groups is 2. The molecule has 0 amide bonds. The molecule has 148 valence electrons. The van der Waals surface area contributed by atoms with Crippen molar-refractivity contribution in [2.45, 2.75) is 64.2 Å². The van der Waals surface area contributed by atoms with Gasteiger partial charge in [-0.1, -0.05) is 44.7 Å². The van der Waals surface area contributed by atoms with E-state index in [9.17, 15) is 9.59 Å². The van der Waals surface area contributed by atoms with Crippen molar-refractivity contribution >= 4 is 12.3 Å². The predicted molar refractivity (Wildman–Crippen MR) is 112 cm³/mol. The number of esters is 1. The molecule has 0 bridgehead atoms. The van der Waals surface area contributed by atoms with Gasteiger partial charge >= 0.3 is 5.97 Å². The summed E-state index contributed by atoms with van der Waals surface area (Å²) in [4.78, 5) is 23.0. The van der Waals surface area contributed by atoms with Crippen LogP contribution in [0.3, 0.4) is 0 Å². The monoisotopic (exact) mass is 378 g/mol. The number of carbonyl (C=O) groups excluding carboxylic acids is 2. The maximum atomic E-state index is 12.3. The third-order valence-electron chi connectivity index (χ3n) is 5.91. The maximum Gasteiger partial charge on any atom is 0.343 e. The van der Waals surface area contributed by atoms with Gasteiger partial charge in [0, 0.05) is 5.56 Å². The fourth-order valence-corrected chi connectivity index (χ4v) is 4.14. The Labute approximate surface area is 168 Å². The van der Waals surface area contributed by atoms with Crippen LogP contribution in [0.25, 0.3) is 0 Å². The molecule has 1 aliphatic rings. The number of benzene rings is 2. The average Bonchev–Trinajstić information content (AvgIpc) is 2.75. The summed E-state index contributed by atoms with van der Waals surface area (Å²) in [5, 5.41) is 0. The summed E-state index contributed by atoms with van der Waals surface area (Å²) in [6.07, 6.45) is 11.4. The van der Waals surface area contributed by atoms with Crippen LogP contribution in [0.2, 0.25) is 0 Å². The van der Waals surface area contributed by atoms with E-state index in [1.54, 1.807) is 24.3 Å². The summed E-state index contributed by atoms with van der Waals surface area (Å²) < 4.78 is 5.39. The molecular weight excluding hydrogens is 348 g/mol. The van der Waals surface area contributed by atoms with E-state index in [0.29, 0.717) is 22.8 Å². The predicted octanol–water partition coefficient (Wildman–Crippen LogP) is 6.57. The van der Waals surface area contributed by atoms with Crippen LogP contribution in [0.4, 0.5) is 0 Å². The highest BCUT2D eigenvalue weighted by atomic mass is 16.5. The Morgan fingerprint density at radius 2 is 1.64 bits per heavy atom. The molecule has 0 saturated heterocycles. The maximum absolute atomic E-state index is 12.3. The first kappa shape index (κ1) is 20.3. The second-order valence-electron chi connectivity index (χ2n) is 7.91. The first-order valence-electron chi connectivity index (χ1n) is 10.6. The van der Waals surface area contributed by atoms with Gasteiger partial charge in [0.25, 0.3) is 0 Å². The summed E-state index contributed by atoms with van der Waals surface area (Å²) in [5.41, 5.74) is 2.44. The van der Waals surface area contributed by atoms with Gasteiger partial charge in [-0.25, -0.2) is 4.79 Å². The lowest BCUT2D eigenvalue weighted by Crippen LogP contribution is -2.14. The second-order valence-corrected chi connectivity index (χ2v) is 7.91. The van der Waals surface area contributed by atoms with Gasteiger partial charge in [-0.3, -0.25) is 4.79 Å². The standard InChI is InChI=1S/C25H30O3/c1-2-3-4-5-19-6-10-21(11-7-19)22-12-14-23(15-13-22)25(27)28-24-16-8-20(18-26)9-17-24/h8-9,12-19,21H,2-7,10-11H2,1H3. The first-order chi connectivity index (χ1) is 13.7. The lowest BCUT2D eigenvalue weighted by Gasteiger charge is -2.29. The van der Waals surface area contributed by atoms with Crippen LogP contribution in [-0.4, -0.2) is 12.3 Å². The topological polar surface area (TPSA) is 43.4 Å².